The molecule has 1 N–H and O–H groups in total. The molecule has 0 aliphatic heterocycles. The Morgan fingerprint density at radius 1 is 0.972 bits per heavy atom. The Hall–Kier alpha value is -2.93. The predicted molar refractivity (Wildman–Crippen MR) is 147 cm³/mol. The molecule has 3 aromatic rings. The number of carbonyl (C=O) groups excluding carboxylic acids is 1. The van der Waals surface area contributed by atoms with Crippen molar-refractivity contribution in [1.82, 2.24) is 20.3 Å². The minimum absolute atomic E-state index is 0.0144. The maximum Gasteiger partial charge on any atom is 0.407 e. The number of thioether (sulfide) groups is 1. The third-order valence-corrected chi connectivity index (χ3v) is 6.34. The molecule has 0 unspecified atom stereocenters. The van der Waals surface area contributed by atoms with Crippen molar-refractivity contribution in [2.24, 2.45) is 5.41 Å². The highest BCUT2D eigenvalue weighted by molar-refractivity contribution is 7.98. The van der Waals surface area contributed by atoms with Crippen molar-refractivity contribution in [2.45, 2.75) is 84.9 Å². The van der Waals surface area contributed by atoms with Crippen LogP contribution >= 0.6 is 11.8 Å². The molecule has 0 radical (unpaired) electrons. The van der Waals surface area contributed by atoms with Crippen LogP contribution in [0.25, 0.3) is 11.1 Å². The number of hydrogen-bond acceptors (Lipinski definition) is 6. The van der Waals surface area contributed by atoms with Crippen LogP contribution in [0, 0.1) is 19.3 Å². The van der Waals surface area contributed by atoms with Gasteiger partial charge >= 0.3 is 6.09 Å². The van der Waals surface area contributed by atoms with Gasteiger partial charge in [0.2, 0.25) is 0 Å². The zero-order chi connectivity index (χ0) is 26.5. The Morgan fingerprint density at radius 3 is 2.19 bits per heavy atom. The van der Waals surface area contributed by atoms with Gasteiger partial charge < -0.3 is 10.1 Å². The molecule has 0 saturated heterocycles. The highest BCUT2D eigenvalue weighted by Gasteiger charge is 2.25. The second-order valence-electron chi connectivity index (χ2n) is 11.4. The third-order valence-electron chi connectivity index (χ3n) is 5.44. The highest BCUT2D eigenvalue weighted by atomic mass is 32.2. The summed E-state index contributed by atoms with van der Waals surface area (Å²) in [7, 11) is 0. The lowest BCUT2D eigenvalue weighted by molar-refractivity contribution is 0.131. The summed E-state index contributed by atoms with van der Waals surface area (Å²) < 4.78 is 5.78. The first-order valence-electron chi connectivity index (χ1n) is 12.3. The number of aryl methyl sites for hydroxylation is 2. The normalized spacial score (nSPS) is 11.9. The fraction of sp³-hybridized carbons (Fsp3) is 0.448. The van der Waals surface area contributed by atoms with Crippen LogP contribution in [0.4, 0.5) is 4.79 Å². The van der Waals surface area contributed by atoms with Crippen molar-refractivity contribution in [3.05, 3.63) is 70.8 Å². The average Bonchev–Trinajstić information content (AvgIpc) is 2.76. The van der Waals surface area contributed by atoms with Crippen LogP contribution in [0.5, 0.6) is 0 Å². The Balaban J connectivity index is 2.13. The summed E-state index contributed by atoms with van der Waals surface area (Å²) >= 11 is 1.58. The number of amides is 1. The molecule has 0 aliphatic carbocycles. The molecule has 2 heterocycles. The number of rotatable bonds is 7. The van der Waals surface area contributed by atoms with Crippen LogP contribution < -0.4 is 5.32 Å². The zero-order valence-electron chi connectivity index (χ0n) is 22.7. The molecule has 1 aromatic carbocycles. The molecule has 0 atom stereocenters. The van der Waals surface area contributed by atoms with E-state index in [4.69, 9.17) is 9.72 Å². The summed E-state index contributed by atoms with van der Waals surface area (Å²) in [5, 5.41) is 3.61. The van der Waals surface area contributed by atoms with Gasteiger partial charge in [-0.05, 0) is 69.2 Å². The van der Waals surface area contributed by atoms with Gasteiger partial charge in [-0.2, -0.15) is 0 Å². The first-order chi connectivity index (χ1) is 16.8. The average molecular weight is 507 g/mol. The van der Waals surface area contributed by atoms with Gasteiger partial charge in [0.1, 0.15) is 6.61 Å². The smallest absolute Gasteiger partial charge is 0.407 e. The van der Waals surface area contributed by atoms with E-state index in [-0.39, 0.29) is 17.6 Å². The number of carbonyl (C=O) groups is 1. The molecule has 36 heavy (non-hydrogen) atoms. The van der Waals surface area contributed by atoms with Crippen molar-refractivity contribution >= 4 is 17.9 Å². The fourth-order valence-corrected chi connectivity index (χ4v) is 4.77. The van der Waals surface area contributed by atoms with Crippen LogP contribution in [0.15, 0.2) is 47.9 Å². The molecule has 2 aromatic heterocycles. The molecule has 0 saturated carbocycles. The van der Waals surface area contributed by atoms with Crippen LogP contribution in [-0.2, 0) is 23.5 Å². The zero-order valence-corrected chi connectivity index (χ0v) is 23.5. The van der Waals surface area contributed by atoms with Crippen molar-refractivity contribution in [3.63, 3.8) is 0 Å². The van der Waals surface area contributed by atoms with Gasteiger partial charge in [0, 0.05) is 40.6 Å². The van der Waals surface area contributed by atoms with Crippen LogP contribution in [0.1, 0.15) is 69.6 Å². The van der Waals surface area contributed by atoms with E-state index in [2.05, 4.69) is 74.2 Å². The molecule has 0 bridgehead atoms. The summed E-state index contributed by atoms with van der Waals surface area (Å²) in [6.07, 6.45) is 3.83. The summed E-state index contributed by atoms with van der Waals surface area (Å²) in [6, 6.07) is 10.3. The monoisotopic (exact) mass is 506 g/mol. The molecule has 7 heteroatoms. The number of ether oxygens (including phenoxy) is 1. The molecule has 3 rings (SSSR count). The van der Waals surface area contributed by atoms with Crippen LogP contribution in [0.2, 0.25) is 0 Å². The fourth-order valence-electron chi connectivity index (χ4n) is 3.87. The molecule has 0 aliphatic rings. The van der Waals surface area contributed by atoms with E-state index in [1.54, 1.807) is 24.2 Å². The highest BCUT2D eigenvalue weighted by Crippen LogP contribution is 2.37. The van der Waals surface area contributed by atoms with Crippen LogP contribution in [-0.4, -0.2) is 26.6 Å². The number of benzene rings is 1. The van der Waals surface area contributed by atoms with E-state index in [0.29, 0.717) is 10.9 Å². The van der Waals surface area contributed by atoms with Crippen molar-refractivity contribution in [2.75, 3.05) is 0 Å². The minimum Gasteiger partial charge on any atom is -0.445 e. The van der Waals surface area contributed by atoms with Gasteiger partial charge in [-0.1, -0.05) is 62.4 Å². The lowest BCUT2D eigenvalue weighted by Crippen LogP contribution is -2.40. The quantitative estimate of drug-likeness (QED) is 0.273. The van der Waals surface area contributed by atoms with Gasteiger partial charge in [0.15, 0.2) is 5.16 Å². The first kappa shape index (κ1) is 27.7. The number of nitrogens with zero attached hydrogens (tertiary/aromatic N) is 3. The number of nitrogens with one attached hydrogen (secondary N) is 1. The Labute approximate surface area is 219 Å². The SMILES string of the molecule is Cc1ccc(-c2c(CSc3ncccn3)c(C)nc(CC(C)(C)C)c2COC(=O)NC(C)(C)C)cc1. The molecule has 6 nitrogen and oxygen atoms in total. The van der Waals surface area contributed by atoms with Crippen molar-refractivity contribution in [1.29, 1.82) is 0 Å². The Morgan fingerprint density at radius 2 is 1.61 bits per heavy atom. The number of hydrogen-bond donors (Lipinski definition) is 1. The maximum atomic E-state index is 12.6. The lowest BCUT2D eigenvalue weighted by atomic mass is 9.85. The van der Waals surface area contributed by atoms with Gasteiger partial charge in [-0.15, -0.1) is 0 Å². The summed E-state index contributed by atoms with van der Waals surface area (Å²) in [5.74, 6) is 0.656. The first-order valence-corrected chi connectivity index (χ1v) is 13.2. The Bertz CT molecular complexity index is 1180. The van der Waals surface area contributed by atoms with Gasteiger partial charge in [-0.3, -0.25) is 4.98 Å². The maximum absolute atomic E-state index is 12.6. The lowest BCUT2D eigenvalue weighted by Gasteiger charge is -2.25. The van der Waals surface area contributed by atoms with E-state index in [0.717, 1.165) is 40.1 Å². The Kier molecular flexibility index (Phi) is 8.77. The van der Waals surface area contributed by atoms with Crippen molar-refractivity contribution in [3.8, 4) is 11.1 Å². The topological polar surface area (TPSA) is 77.0 Å². The standard InChI is InChI=1S/C29H38N4O2S/c1-19-10-12-21(13-11-19)25-22(17-35-27(34)33-29(6,7)8)24(16-28(3,4)5)32-20(2)23(25)18-36-26-30-14-9-15-31-26/h9-15H,16-18H2,1-8H3,(H,33,34). The molecule has 192 valence electrons. The van der Waals surface area contributed by atoms with Crippen LogP contribution in [0.3, 0.4) is 0 Å². The summed E-state index contributed by atoms with van der Waals surface area (Å²) in [5.41, 5.74) is 6.97. The number of aromatic nitrogens is 3. The summed E-state index contributed by atoms with van der Waals surface area (Å²) in [6.45, 7) is 16.7. The van der Waals surface area contributed by atoms with Gasteiger partial charge in [0.25, 0.3) is 0 Å². The van der Waals surface area contributed by atoms with E-state index in [1.807, 2.05) is 26.8 Å². The minimum atomic E-state index is -0.437. The van der Waals surface area contributed by atoms with E-state index >= 15 is 0 Å². The van der Waals surface area contributed by atoms with Gasteiger partial charge in [0.05, 0.1) is 0 Å². The molecule has 1 amide bonds. The van der Waals surface area contributed by atoms with E-state index in [9.17, 15) is 4.79 Å². The summed E-state index contributed by atoms with van der Waals surface area (Å²) in [4.78, 5) is 26.4. The van der Waals surface area contributed by atoms with Gasteiger partial charge in [-0.25, -0.2) is 14.8 Å². The number of pyridine rings is 1. The second-order valence-corrected chi connectivity index (χ2v) is 12.3. The van der Waals surface area contributed by atoms with E-state index in [1.165, 1.54) is 5.56 Å². The molecular formula is C29H38N4O2S. The molecule has 0 fully saturated rings. The molecular weight excluding hydrogens is 468 g/mol. The second kappa shape index (κ2) is 11.4. The third kappa shape index (κ3) is 8.05. The molecule has 0 spiro atoms. The van der Waals surface area contributed by atoms with Crippen molar-refractivity contribution < 1.29 is 9.53 Å². The van der Waals surface area contributed by atoms with E-state index < -0.39 is 6.09 Å². The largest absolute Gasteiger partial charge is 0.445 e. The predicted octanol–water partition coefficient (Wildman–Crippen LogP) is 7.06. The number of alkyl carbamates (subject to hydrolysis) is 1.